The maximum absolute atomic E-state index is 13.3. The first-order chi connectivity index (χ1) is 7.54. The smallest absolute Gasteiger partial charge is 0.254 e. The number of halogens is 2. The number of aliphatic hydroxyl groups is 2. The summed E-state index contributed by atoms with van der Waals surface area (Å²) in [4.78, 5) is 11.4. The van der Waals surface area contributed by atoms with E-state index in [2.05, 4.69) is 5.32 Å². The molecule has 16 heavy (non-hydrogen) atoms. The first-order valence-electron chi connectivity index (χ1n) is 4.56. The molecule has 0 aliphatic rings. The van der Waals surface area contributed by atoms with Gasteiger partial charge >= 0.3 is 0 Å². The van der Waals surface area contributed by atoms with Crippen LogP contribution in [0, 0.1) is 5.82 Å². The van der Waals surface area contributed by atoms with Gasteiger partial charge in [0.25, 0.3) is 5.91 Å². The average Bonchev–Trinajstić information content (AvgIpc) is 2.25. The third kappa shape index (κ3) is 3.44. The average molecular weight is 248 g/mol. The maximum atomic E-state index is 13.3. The van der Waals surface area contributed by atoms with E-state index in [1.165, 1.54) is 12.1 Å². The fourth-order valence-corrected chi connectivity index (χ4v) is 1.20. The molecule has 0 aromatic heterocycles. The molecule has 1 rings (SSSR count). The van der Waals surface area contributed by atoms with Gasteiger partial charge in [0.2, 0.25) is 0 Å². The molecule has 1 atom stereocenters. The molecule has 1 unspecified atom stereocenters. The van der Waals surface area contributed by atoms with Crippen LogP contribution in [0.2, 0.25) is 5.02 Å². The zero-order valence-corrected chi connectivity index (χ0v) is 9.04. The summed E-state index contributed by atoms with van der Waals surface area (Å²) in [5.41, 5.74) is -0.158. The Hall–Kier alpha value is -1.17. The van der Waals surface area contributed by atoms with E-state index in [4.69, 9.17) is 21.8 Å². The van der Waals surface area contributed by atoms with Gasteiger partial charge in [0.15, 0.2) is 0 Å². The van der Waals surface area contributed by atoms with Crippen molar-refractivity contribution in [1.82, 2.24) is 5.32 Å². The summed E-state index contributed by atoms with van der Waals surface area (Å²) in [6, 6.07) is 3.67. The van der Waals surface area contributed by atoms with Crippen LogP contribution in [0.5, 0.6) is 0 Å². The van der Waals surface area contributed by atoms with Crippen molar-refractivity contribution in [2.24, 2.45) is 0 Å². The van der Waals surface area contributed by atoms with Crippen LogP contribution in [0.15, 0.2) is 18.2 Å². The van der Waals surface area contributed by atoms with Gasteiger partial charge in [-0.1, -0.05) is 11.6 Å². The van der Waals surface area contributed by atoms with Gasteiger partial charge in [-0.25, -0.2) is 4.39 Å². The summed E-state index contributed by atoms with van der Waals surface area (Å²) < 4.78 is 13.3. The molecule has 0 radical (unpaired) electrons. The minimum atomic E-state index is -1.06. The van der Waals surface area contributed by atoms with Crippen molar-refractivity contribution >= 4 is 17.5 Å². The molecule has 3 N–H and O–H groups in total. The highest BCUT2D eigenvalue weighted by Crippen LogP contribution is 2.14. The van der Waals surface area contributed by atoms with Crippen LogP contribution in [0.25, 0.3) is 0 Å². The summed E-state index contributed by atoms with van der Waals surface area (Å²) in [6.45, 7) is -0.610. The quantitative estimate of drug-likeness (QED) is 0.728. The fourth-order valence-electron chi connectivity index (χ4n) is 1.04. The lowest BCUT2D eigenvalue weighted by atomic mass is 10.2. The normalized spacial score (nSPS) is 12.2. The Morgan fingerprint density at radius 1 is 1.56 bits per heavy atom. The van der Waals surface area contributed by atoms with Crippen molar-refractivity contribution in [1.29, 1.82) is 0 Å². The summed E-state index contributed by atoms with van der Waals surface area (Å²) in [6.07, 6.45) is -1.06. The second kappa shape index (κ2) is 5.79. The highest BCUT2D eigenvalue weighted by Gasteiger charge is 2.12. The van der Waals surface area contributed by atoms with Gasteiger partial charge in [0, 0.05) is 11.6 Å². The Balaban J connectivity index is 2.66. The third-order valence-electron chi connectivity index (χ3n) is 1.88. The lowest BCUT2D eigenvalue weighted by Gasteiger charge is -2.09. The second-order valence-electron chi connectivity index (χ2n) is 3.17. The lowest BCUT2D eigenvalue weighted by molar-refractivity contribution is 0.0799. The highest BCUT2D eigenvalue weighted by atomic mass is 35.5. The van der Waals surface area contributed by atoms with Gasteiger partial charge in [-0.3, -0.25) is 4.79 Å². The fraction of sp³-hybridized carbons (Fsp3) is 0.300. The number of amides is 1. The van der Waals surface area contributed by atoms with Gasteiger partial charge < -0.3 is 15.5 Å². The molecule has 0 fully saturated rings. The van der Waals surface area contributed by atoms with Crippen molar-refractivity contribution in [2.75, 3.05) is 13.2 Å². The van der Waals surface area contributed by atoms with Crippen molar-refractivity contribution in [3.63, 3.8) is 0 Å². The monoisotopic (exact) mass is 247 g/mol. The van der Waals surface area contributed by atoms with Gasteiger partial charge in [-0.2, -0.15) is 0 Å². The molecule has 0 saturated carbocycles. The van der Waals surface area contributed by atoms with E-state index in [0.717, 1.165) is 6.07 Å². The molecule has 88 valence electrons. The van der Waals surface area contributed by atoms with Crippen LogP contribution in [-0.2, 0) is 0 Å². The molecular weight excluding hydrogens is 237 g/mol. The van der Waals surface area contributed by atoms with Crippen LogP contribution in [0.3, 0.4) is 0 Å². The van der Waals surface area contributed by atoms with Crippen LogP contribution in [0.4, 0.5) is 4.39 Å². The minimum absolute atomic E-state index is 0.141. The number of aliphatic hydroxyl groups excluding tert-OH is 2. The molecule has 1 aromatic carbocycles. The first kappa shape index (κ1) is 12.9. The maximum Gasteiger partial charge on any atom is 0.254 e. The molecule has 1 amide bonds. The molecule has 0 heterocycles. The van der Waals surface area contributed by atoms with Gasteiger partial charge in [0.05, 0.1) is 18.3 Å². The van der Waals surface area contributed by atoms with E-state index < -0.39 is 24.4 Å². The Morgan fingerprint density at radius 2 is 2.25 bits per heavy atom. The Bertz CT molecular complexity index is 386. The molecule has 0 aliphatic carbocycles. The summed E-state index contributed by atoms with van der Waals surface area (Å²) >= 11 is 5.53. The number of hydrogen-bond acceptors (Lipinski definition) is 3. The van der Waals surface area contributed by atoms with E-state index in [9.17, 15) is 9.18 Å². The van der Waals surface area contributed by atoms with Crippen LogP contribution in [-0.4, -0.2) is 35.4 Å². The van der Waals surface area contributed by atoms with Crippen molar-refractivity contribution in [3.05, 3.63) is 34.6 Å². The zero-order valence-electron chi connectivity index (χ0n) is 8.28. The minimum Gasteiger partial charge on any atom is -0.394 e. The highest BCUT2D eigenvalue weighted by molar-refractivity contribution is 6.30. The Kier molecular flexibility index (Phi) is 4.67. The van der Waals surface area contributed by atoms with E-state index in [-0.39, 0.29) is 17.1 Å². The van der Waals surface area contributed by atoms with E-state index >= 15 is 0 Å². The molecule has 4 nitrogen and oxygen atoms in total. The van der Waals surface area contributed by atoms with Crippen LogP contribution < -0.4 is 5.32 Å². The number of benzene rings is 1. The number of carbonyl (C=O) groups is 1. The van der Waals surface area contributed by atoms with Crippen molar-refractivity contribution < 1.29 is 19.4 Å². The van der Waals surface area contributed by atoms with Gasteiger partial charge in [-0.15, -0.1) is 0 Å². The van der Waals surface area contributed by atoms with Gasteiger partial charge in [0.1, 0.15) is 5.82 Å². The summed E-state index contributed by atoms with van der Waals surface area (Å²) in [5, 5.41) is 20.0. The molecule has 0 bridgehead atoms. The van der Waals surface area contributed by atoms with E-state index in [1.807, 2.05) is 0 Å². The number of hydrogen-bond donors (Lipinski definition) is 3. The molecule has 0 aliphatic heterocycles. The molecule has 0 spiro atoms. The number of rotatable bonds is 4. The third-order valence-corrected chi connectivity index (χ3v) is 2.12. The van der Waals surface area contributed by atoms with Crippen LogP contribution in [0.1, 0.15) is 10.4 Å². The lowest BCUT2D eigenvalue weighted by Crippen LogP contribution is -2.34. The van der Waals surface area contributed by atoms with Crippen LogP contribution >= 0.6 is 11.6 Å². The van der Waals surface area contributed by atoms with E-state index in [0.29, 0.717) is 0 Å². The Labute approximate surface area is 96.7 Å². The van der Waals surface area contributed by atoms with Crippen molar-refractivity contribution in [2.45, 2.75) is 6.10 Å². The zero-order chi connectivity index (χ0) is 12.1. The Morgan fingerprint density at radius 3 is 2.81 bits per heavy atom. The molecule has 0 saturated heterocycles. The molecule has 6 heteroatoms. The molecular formula is C10H11ClFNO3. The largest absolute Gasteiger partial charge is 0.394 e. The topological polar surface area (TPSA) is 69.6 Å². The number of nitrogens with one attached hydrogen (secondary N) is 1. The van der Waals surface area contributed by atoms with Crippen molar-refractivity contribution in [3.8, 4) is 0 Å². The van der Waals surface area contributed by atoms with E-state index in [1.54, 1.807) is 0 Å². The predicted octanol–water partition coefficient (Wildman–Crippen LogP) is 0.562. The standard InChI is InChI=1S/C10H11ClFNO3/c11-6-1-2-8(9(12)3-6)10(16)13-4-7(15)5-14/h1-3,7,14-15H,4-5H2,(H,13,16). The second-order valence-corrected chi connectivity index (χ2v) is 3.61. The van der Waals surface area contributed by atoms with Gasteiger partial charge in [-0.05, 0) is 18.2 Å². The number of carbonyl (C=O) groups excluding carboxylic acids is 1. The predicted molar refractivity (Wildman–Crippen MR) is 56.8 cm³/mol. The summed E-state index contributed by atoms with van der Waals surface area (Å²) in [5.74, 6) is -1.40. The SMILES string of the molecule is O=C(NCC(O)CO)c1ccc(Cl)cc1F. The first-order valence-corrected chi connectivity index (χ1v) is 4.94. The summed E-state index contributed by atoms with van der Waals surface area (Å²) in [7, 11) is 0. The molecule has 1 aromatic rings.